The molecule has 2 aromatic carbocycles. The predicted molar refractivity (Wildman–Crippen MR) is 118 cm³/mol. The Labute approximate surface area is 178 Å². The van der Waals surface area contributed by atoms with Gasteiger partial charge in [-0.1, -0.05) is 46.3 Å². The van der Waals surface area contributed by atoms with Crippen molar-refractivity contribution in [2.24, 2.45) is 0 Å². The molecule has 5 nitrogen and oxygen atoms in total. The number of halogens is 1. The van der Waals surface area contributed by atoms with E-state index in [0.29, 0.717) is 19.4 Å². The average Bonchev–Trinajstić information content (AvgIpc) is 3.05. The van der Waals surface area contributed by atoms with Gasteiger partial charge in [-0.15, -0.1) is 0 Å². The Bertz CT molecular complexity index is 1090. The van der Waals surface area contributed by atoms with E-state index in [0.717, 1.165) is 27.8 Å². The predicted octanol–water partition coefficient (Wildman–Crippen LogP) is 4.43. The number of hydrogen-bond donors (Lipinski definition) is 0. The maximum Gasteiger partial charge on any atom is 0.266 e. The maximum atomic E-state index is 12.8. The number of para-hydroxylation sites is 1. The number of aryl methyl sites for hydroxylation is 1. The quantitative estimate of drug-likeness (QED) is 0.576. The summed E-state index contributed by atoms with van der Waals surface area (Å²) in [5.41, 5.74) is 3.76. The summed E-state index contributed by atoms with van der Waals surface area (Å²) in [6, 6.07) is 19.3. The molecule has 0 fully saturated rings. The molecule has 0 aliphatic carbocycles. The molecule has 0 bridgehead atoms. The third-order valence-electron chi connectivity index (χ3n) is 5.24. The first-order valence-corrected chi connectivity index (χ1v) is 10.6. The lowest BCUT2D eigenvalue weighted by atomic mass is 10.1. The smallest absolute Gasteiger partial charge is 0.266 e. The lowest BCUT2D eigenvalue weighted by molar-refractivity contribution is -0.119. The highest BCUT2D eigenvalue weighted by atomic mass is 79.9. The number of hydrogen-bond acceptors (Lipinski definition) is 3. The summed E-state index contributed by atoms with van der Waals surface area (Å²) < 4.78 is 2.44. The number of fused-ring (bicyclic) bond motifs is 1. The fraction of sp³-hybridized carbons (Fsp3) is 0.261. The Morgan fingerprint density at radius 2 is 1.86 bits per heavy atom. The van der Waals surface area contributed by atoms with Crippen LogP contribution in [0, 0.1) is 0 Å². The summed E-state index contributed by atoms with van der Waals surface area (Å²) in [6.45, 7) is 2.49. The number of carbonyl (C=O) groups excluding carboxylic acids is 1. The van der Waals surface area contributed by atoms with E-state index in [1.807, 2.05) is 47.4 Å². The zero-order valence-electron chi connectivity index (χ0n) is 16.2. The number of amides is 1. The standard InChI is InChI=1S/C23H22BrN3O2/c1-16-15-18-5-2-3-6-21(18)27(16)23(29)7-4-14-26-22(28)13-12-20(25-26)17-8-10-19(24)11-9-17/h2-3,5-6,8-13,16H,4,7,14-15H2,1H3. The van der Waals surface area contributed by atoms with Crippen LogP contribution in [-0.4, -0.2) is 21.7 Å². The first kappa shape index (κ1) is 19.6. The number of benzene rings is 2. The van der Waals surface area contributed by atoms with Gasteiger partial charge in [-0.05, 0) is 49.6 Å². The summed E-state index contributed by atoms with van der Waals surface area (Å²) in [7, 11) is 0. The van der Waals surface area contributed by atoms with Gasteiger partial charge in [0.1, 0.15) is 0 Å². The summed E-state index contributed by atoms with van der Waals surface area (Å²) >= 11 is 3.42. The minimum atomic E-state index is -0.154. The molecule has 29 heavy (non-hydrogen) atoms. The second-order valence-corrected chi connectivity index (χ2v) is 8.25. The van der Waals surface area contributed by atoms with Gasteiger partial charge in [0.25, 0.3) is 5.56 Å². The van der Waals surface area contributed by atoms with Crippen LogP contribution in [0.15, 0.2) is 69.9 Å². The highest BCUT2D eigenvalue weighted by Gasteiger charge is 2.29. The monoisotopic (exact) mass is 451 g/mol. The molecular weight excluding hydrogens is 430 g/mol. The van der Waals surface area contributed by atoms with Gasteiger partial charge in [0.05, 0.1) is 5.69 Å². The molecule has 2 heterocycles. The molecule has 148 valence electrons. The van der Waals surface area contributed by atoms with E-state index < -0.39 is 0 Å². The van der Waals surface area contributed by atoms with Gasteiger partial charge in [0.2, 0.25) is 5.91 Å². The molecule has 0 radical (unpaired) electrons. The van der Waals surface area contributed by atoms with Crippen molar-refractivity contribution in [2.75, 3.05) is 4.90 Å². The molecule has 0 saturated carbocycles. The van der Waals surface area contributed by atoms with Gasteiger partial charge in [-0.3, -0.25) is 9.59 Å². The zero-order valence-corrected chi connectivity index (χ0v) is 17.8. The third-order valence-corrected chi connectivity index (χ3v) is 5.77. The molecule has 1 aliphatic rings. The third kappa shape index (κ3) is 4.17. The van der Waals surface area contributed by atoms with Crippen LogP contribution in [0.3, 0.4) is 0 Å². The minimum Gasteiger partial charge on any atom is -0.309 e. The van der Waals surface area contributed by atoms with Crippen molar-refractivity contribution in [2.45, 2.75) is 38.8 Å². The lowest BCUT2D eigenvalue weighted by Gasteiger charge is -2.22. The van der Waals surface area contributed by atoms with Crippen LogP contribution < -0.4 is 10.5 Å². The second kappa shape index (κ2) is 8.33. The molecule has 0 saturated heterocycles. The highest BCUT2D eigenvalue weighted by Crippen LogP contribution is 2.32. The average molecular weight is 452 g/mol. The maximum absolute atomic E-state index is 12.8. The van der Waals surface area contributed by atoms with E-state index in [2.05, 4.69) is 34.0 Å². The fourth-order valence-corrected chi connectivity index (χ4v) is 4.09. The van der Waals surface area contributed by atoms with Gasteiger partial charge in [0.15, 0.2) is 0 Å². The van der Waals surface area contributed by atoms with Crippen molar-refractivity contribution < 1.29 is 4.79 Å². The molecule has 1 unspecified atom stereocenters. The van der Waals surface area contributed by atoms with E-state index in [1.54, 1.807) is 6.07 Å². The minimum absolute atomic E-state index is 0.0968. The van der Waals surface area contributed by atoms with Gasteiger partial charge in [-0.25, -0.2) is 4.68 Å². The molecule has 3 aromatic rings. The number of aromatic nitrogens is 2. The molecule has 4 rings (SSSR count). The SMILES string of the molecule is CC1Cc2ccccc2N1C(=O)CCCn1nc(-c2ccc(Br)cc2)ccc1=O. The first-order valence-electron chi connectivity index (χ1n) is 9.77. The summed E-state index contributed by atoms with van der Waals surface area (Å²) in [5, 5.41) is 4.48. The molecule has 1 aromatic heterocycles. The summed E-state index contributed by atoms with van der Waals surface area (Å²) in [5.74, 6) is 0.0968. The van der Waals surface area contributed by atoms with E-state index in [9.17, 15) is 9.59 Å². The molecule has 1 amide bonds. The molecule has 6 heteroatoms. The van der Waals surface area contributed by atoms with Gasteiger partial charge in [-0.2, -0.15) is 5.10 Å². The molecule has 1 aliphatic heterocycles. The molecule has 0 spiro atoms. The van der Waals surface area contributed by atoms with Crippen LogP contribution in [0.4, 0.5) is 5.69 Å². The zero-order chi connectivity index (χ0) is 20.4. The first-order chi connectivity index (χ1) is 14.0. The van der Waals surface area contributed by atoms with Crippen LogP contribution >= 0.6 is 15.9 Å². The van der Waals surface area contributed by atoms with E-state index in [1.165, 1.54) is 16.3 Å². The Hall–Kier alpha value is -2.73. The summed E-state index contributed by atoms with van der Waals surface area (Å²) in [4.78, 5) is 26.9. The molecule has 1 atom stereocenters. The lowest BCUT2D eigenvalue weighted by Crippen LogP contribution is -2.35. The Kier molecular flexibility index (Phi) is 5.62. The van der Waals surface area contributed by atoms with Gasteiger partial charge >= 0.3 is 0 Å². The van der Waals surface area contributed by atoms with Gasteiger partial charge < -0.3 is 4.90 Å². The molecular formula is C23H22BrN3O2. The van der Waals surface area contributed by atoms with Crippen LogP contribution in [0.1, 0.15) is 25.3 Å². The largest absolute Gasteiger partial charge is 0.309 e. The van der Waals surface area contributed by atoms with Crippen molar-refractivity contribution in [3.63, 3.8) is 0 Å². The van der Waals surface area contributed by atoms with Crippen molar-refractivity contribution in [3.05, 3.63) is 81.1 Å². The Morgan fingerprint density at radius 1 is 1.10 bits per heavy atom. The number of rotatable bonds is 5. The van der Waals surface area contributed by atoms with Gasteiger partial charge in [0, 0.05) is 40.8 Å². The second-order valence-electron chi connectivity index (χ2n) is 7.34. The van der Waals surface area contributed by atoms with Crippen LogP contribution in [0.25, 0.3) is 11.3 Å². The van der Waals surface area contributed by atoms with Crippen LogP contribution in [0.2, 0.25) is 0 Å². The van der Waals surface area contributed by atoms with Crippen molar-refractivity contribution >= 4 is 27.5 Å². The number of nitrogens with zero attached hydrogens (tertiary/aromatic N) is 3. The fourth-order valence-electron chi connectivity index (χ4n) is 3.83. The topological polar surface area (TPSA) is 55.2 Å². The molecule has 0 N–H and O–H groups in total. The highest BCUT2D eigenvalue weighted by molar-refractivity contribution is 9.10. The van der Waals surface area contributed by atoms with E-state index in [4.69, 9.17) is 0 Å². The normalized spacial score (nSPS) is 15.4. The number of anilines is 1. The Balaban J connectivity index is 1.43. The Morgan fingerprint density at radius 3 is 2.66 bits per heavy atom. The van der Waals surface area contributed by atoms with Crippen molar-refractivity contribution in [1.82, 2.24) is 9.78 Å². The van der Waals surface area contributed by atoms with Crippen molar-refractivity contribution in [3.8, 4) is 11.3 Å². The van der Waals surface area contributed by atoms with Crippen LogP contribution in [0.5, 0.6) is 0 Å². The number of carbonyl (C=O) groups is 1. The summed E-state index contributed by atoms with van der Waals surface area (Å²) in [6.07, 6.45) is 1.84. The van der Waals surface area contributed by atoms with E-state index in [-0.39, 0.29) is 17.5 Å². The van der Waals surface area contributed by atoms with E-state index >= 15 is 0 Å². The van der Waals surface area contributed by atoms with Crippen molar-refractivity contribution in [1.29, 1.82) is 0 Å². The van der Waals surface area contributed by atoms with Crippen LogP contribution in [-0.2, 0) is 17.8 Å².